The predicted molar refractivity (Wildman–Crippen MR) is 136 cm³/mol. The van der Waals surface area contributed by atoms with Gasteiger partial charge in [0.25, 0.3) is 5.78 Å². The van der Waals surface area contributed by atoms with Crippen LogP contribution >= 0.6 is 0 Å². The van der Waals surface area contributed by atoms with Gasteiger partial charge in [-0.2, -0.15) is 0 Å². The Bertz CT molecular complexity index is 1470. The van der Waals surface area contributed by atoms with E-state index >= 15 is 0 Å². The fourth-order valence-corrected chi connectivity index (χ4v) is 3.55. The van der Waals surface area contributed by atoms with Gasteiger partial charge >= 0.3 is 0 Å². The first-order chi connectivity index (χ1) is 18.7. The van der Waals surface area contributed by atoms with Crippen LogP contribution in [0.25, 0.3) is 45.6 Å². The van der Waals surface area contributed by atoms with E-state index in [4.69, 9.17) is 0 Å². The zero-order chi connectivity index (χ0) is 25.7. The first-order valence-electron chi connectivity index (χ1n) is 11.4. The molecule has 0 aliphatic carbocycles. The molecule has 6 heterocycles. The Morgan fingerprint density at radius 1 is 0.421 bits per heavy atom. The molecule has 0 aliphatic rings. The van der Waals surface area contributed by atoms with Crippen molar-refractivity contribution in [3.8, 4) is 45.6 Å². The van der Waals surface area contributed by atoms with Gasteiger partial charge in [0.2, 0.25) is 11.6 Å². The summed E-state index contributed by atoms with van der Waals surface area (Å²) in [5, 5.41) is 0. The van der Waals surface area contributed by atoms with Crippen molar-refractivity contribution >= 4 is 5.78 Å². The molecule has 0 saturated carbocycles. The monoisotopic (exact) mass is 496 g/mol. The molecule has 0 aliphatic heterocycles. The number of pyridine rings is 4. The second-order valence-corrected chi connectivity index (χ2v) is 7.91. The molecule has 6 rings (SSSR count). The zero-order valence-corrected chi connectivity index (χ0v) is 19.6. The van der Waals surface area contributed by atoms with Gasteiger partial charge in [-0.25, -0.2) is 29.9 Å². The minimum absolute atomic E-state index is 0.127. The van der Waals surface area contributed by atoms with Gasteiger partial charge in [0.05, 0.1) is 0 Å². The molecule has 11 heteroatoms. The van der Waals surface area contributed by atoms with Crippen molar-refractivity contribution < 1.29 is 4.79 Å². The molecule has 38 heavy (non-hydrogen) atoms. The number of nitrogens with zero attached hydrogens (tertiary/aromatic N) is 10. The van der Waals surface area contributed by atoms with Crippen molar-refractivity contribution in [1.82, 2.24) is 49.8 Å². The van der Waals surface area contributed by atoms with Gasteiger partial charge in [-0.05, 0) is 48.5 Å². The molecule has 0 spiro atoms. The summed E-state index contributed by atoms with van der Waals surface area (Å²) in [4.78, 5) is 57.3. The van der Waals surface area contributed by atoms with Crippen LogP contribution in [-0.4, -0.2) is 55.6 Å². The number of rotatable bonds is 6. The average molecular weight is 496 g/mol. The molecule has 0 radical (unpaired) electrons. The van der Waals surface area contributed by atoms with E-state index in [-0.39, 0.29) is 34.9 Å². The third-order valence-electron chi connectivity index (χ3n) is 5.36. The van der Waals surface area contributed by atoms with Crippen molar-refractivity contribution in [2.45, 2.75) is 0 Å². The highest BCUT2D eigenvalue weighted by atomic mass is 16.1. The van der Waals surface area contributed by atoms with Gasteiger partial charge in [-0.15, -0.1) is 0 Å². The molecule has 6 aromatic rings. The molecule has 0 bridgehead atoms. The van der Waals surface area contributed by atoms with Gasteiger partial charge in [0.15, 0.2) is 23.3 Å². The summed E-state index contributed by atoms with van der Waals surface area (Å²) >= 11 is 0. The van der Waals surface area contributed by atoms with Crippen LogP contribution in [0.15, 0.2) is 98.1 Å². The summed E-state index contributed by atoms with van der Waals surface area (Å²) in [7, 11) is 0. The second-order valence-electron chi connectivity index (χ2n) is 7.91. The lowest BCUT2D eigenvalue weighted by molar-refractivity contribution is 0.101. The van der Waals surface area contributed by atoms with Gasteiger partial charge in [0, 0.05) is 71.8 Å². The number of hydrogen-bond acceptors (Lipinski definition) is 11. The van der Waals surface area contributed by atoms with Crippen molar-refractivity contribution in [1.29, 1.82) is 0 Å². The van der Waals surface area contributed by atoms with Gasteiger partial charge in [0.1, 0.15) is 0 Å². The smallest absolute Gasteiger partial charge is 0.267 e. The second kappa shape index (κ2) is 10.1. The van der Waals surface area contributed by atoms with Crippen molar-refractivity contribution in [3.05, 3.63) is 110 Å². The lowest BCUT2D eigenvalue weighted by atomic mass is 10.2. The third-order valence-corrected chi connectivity index (χ3v) is 5.36. The summed E-state index contributed by atoms with van der Waals surface area (Å²) in [6, 6.07) is 14.2. The Morgan fingerprint density at radius 3 is 0.947 bits per heavy atom. The van der Waals surface area contributed by atoms with Crippen LogP contribution in [-0.2, 0) is 0 Å². The molecular weight excluding hydrogens is 480 g/mol. The Balaban J connectivity index is 1.51. The number of carbonyl (C=O) groups excluding carboxylic acids is 1. The van der Waals surface area contributed by atoms with Gasteiger partial charge in [-0.1, -0.05) is 0 Å². The van der Waals surface area contributed by atoms with Crippen LogP contribution in [0.5, 0.6) is 0 Å². The summed E-state index contributed by atoms with van der Waals surface area (Å²) in [6.45, 7) is 0. The van der Waals surface area contributed by atoms with Crippen LogP contribution in [0.3, 0.4) is 0 Å². The highest BCUT2D eigenvalue weighted by Gasteiger charge is 2.23. The number of hydrogen-bond donors (Lipinski definition) is 0. The minimum atomic E-state index is -0.597. The maximum absolute atomic E-state index is 13.8. The molecular formula is C27H16N10O. The maximum Gasteiger partial charge on any atom is 0.267 e. The molecule has 0 N–H and O–H groups in total. The fraction of sp³-hybridized carbons (Fsp3) is 0. The quantitative estimate of drug-likeness (QED) is 0.312. The number of aromatic nitrogens is 10. The highest BCUT2D eigenvalue weighted by Crippen LogP contribution is 2.22. The van der Waals surface area contributed by atoms with Crippen LogP contribution < -0.4 is 0 Å². The molecule has 0 aromatic carbocycles. The molecule has 0 atom stereocenters. The Labute approximate surface area is 215 Å². The van der Waals surface area contributed by atoms with E-state index in [0.29, 0.717) is 22.3 Å². The largest absolute Gasteiger partial charge is 0.281 e. The lowest BCUT2D eigenvalue weighted by Gasteiger charge is -2.09. The highest BCUT2D eigenvalue weighted by molar-refractivity contribution is 6.04. The van der Waals surface area contributed by atoms with E-state index in [0.717, 1.165) is 0 Å². The molecule has 0 fully saturated rings. The summed E-state index contributed by atoms with van der Waals surface area (Å²) < 4.78 is 0. The number of carbonyl (C=O) groups is 1. The van der Waals surface area contributed by atoms with E-state index in [9.17, 15) is 4.79 Å². The molecule has 0 unspecified atom stereocenters. The minimum Gasteiger partial charge on any atom is -0.281 e. The number of ketones is 1. The van der Waals surface area contributed by atoms with Crippen molar-refractivity contribution in [3.63, 3.8) is 0 Å². The average Bonchev–Trinajstić information content (AvgIpc) is 3.02. The summed E-state index contributed by atoms with van der Waals surface area (Å²) in [5.41, 5.74) is 2.49. The summed E-state index contributed by atoms with van der Waals surface area (Å²) in [5.74, 6) is 0.277. The Kier molecular flexibility index (Phi) is 6.05. The fourth-order valence-electron chi connectivity index (χ4n) is 3.55. The molecule has 180 valence electrons. The van der Waals surface area contributed by atoms with E-state index in [1.807, 2.05) is 0 Å². The summed E-state index contributed by atoms with van der Waals surface area (Å²) in [6.07, 6.45) is 13.0. The standard InChI is InChI=1S/C27H16N10O/c38-21(26-34-22(17-5-1-9-28-13-17)32-23(35-26)18-6-2-10-29-14-18)27-36-24(19-7-3-11-30-15-19)33-25(37-27)20-8-4-12-31-16-20/h1-16H. The van der Waals surface area contributed by atoms with Crippen molar-refractivity contribution in [2.24, 2.45) is 0 Å². The molecule has 0 saturated heterocycles. The maximum atomic E-state index is 13.8. The topological polar surface area (TPSA) is 146 Å². The third kappa shape index (κ3) is 4.71. The lowest BCUT2D eigenvalue weighted by Crippen LogP contribution is -2.15. The zero-order valence-electron chi connectivity index (χ0n) is 19.6. The van der Waals surface area contributed by atoms with Crippen LogP contribution in [0, 0.1) is 0 Å². The van der Waals surface area contributed by atoms with Crippen LogP contribution in [0.4, 0.5) is 0 Å². The SMILES string of the molecule is O=C(c1nc(-c2cccnc2)nc(-c2cccnc2)n1)c1nc(-c2cccnc2)nc(-c2cccnc2)n1. The van der Waals surface area contributed by atoms with E-state index < -0.39 is 5.78 Å². The van der Waals surface area contributed by atoms with Crippen molar-refractivity contribution in [2.75, 3.05) is 0 Å². The van der Waals surface area contributed by atoms with Gasteiger partial charge in [-0.3, -0.25) is 24.7 Å². The molecule has 0 amide bonds. The first kappa shape index (κ1) is 22.7. The Morgan fingerprint density at radius 2 is 0.711 bits per heavy atom. The van der Waals surface area contributed by atoms with E-state index in [2.05, 4.69) is 49.8 Å². The first-order valence-corrected chi connectivity index (χ1v) is 11.4. The molecule has 11 nitrogen and oxygen atoms in total. The van der Waals surface area contributed by atoms with E-state index in [1.165, 1.54) is 0 Å². The van der Waals surface area contributed by atoms with E-state index in [1.54, 1.807) is 98.1 Å². The van der Waals surface area contributed by atoms with Crippen LogP contribution in [0.1, 0.15) is 16.4 Å². The van der Waals surface area contributed by atoms with Crippen LogP contribution in [0.2, 0.25) is 0 Å². The normalized spacial score (nSPS) is 10.7. The predicted octanol–water partition coefficient (Wildman–Crippen LogP) is 3.54. The van der Waals surface area contributed by atoms with Gasteiger partial charge < -0.3 is 0 Å². The molecule has 6 aromatic heterocycles. The Hall–Kier alpha value is -5.71.